The van der Waals surface area contributed by atoms with E-state index < -0.39 is 0 Å². The molecule has 1 aromatic heterocycles. The zero-order valence-electron chi connectivity index (χ0n) is 11.9. The lowest BCUT2D eigenvalue weighted by atomic mass is 9.91. The maximum absolute atomic E-state index is 5.87. The van der Waals surface area contributed by atoms with Crippen LogP contribution in [0.25, 0.3) is 0 Å². The summed E-state index contributed by atoms with van der Waals surface area (Å²) in [5.74, 6) is 0. The average Bonchev–Trinajstić information content (AvgIpc) is 2.95. The molecule has 3 nitrogen and oxygen atoms in total. The second-order valence-corrected chi connectivity index (χ2v) is 7.23. The minimum absolute atomic E-state index is 0.0526. The molecule has 1 saturated carbocycles. The first-order chi connectivity index (χ1) is 8.43. The molecule has 0 saturated heterocycles. The van der Waals surface area contributed by atoms with Crippen LogP contribution in [0.4, 0.5) is 0 Å². The molecule has 1 aliphatic rings. The van der Waals surface area contributed by atoms with Gasteiger partial charge in [0.05, 0.1) is 5.69 Å². The molecule has 1 aromatic rings. The molecule has 0 radical (unpaired) electrons. The summed E-state index contributed by atoms with van der Waals surface area (Å²) in [6, 6.07) is 0. The number of hydrogen-bond acceptors (Lipinski definition) is 4. The van der Waals surface area contributed by atoms with Crippen LogP contribution < -0.4 is 5.73 Å². The van der Waals surface area contributed by atoms with E-state index in [1.165, 1.54) is 17.7 Å². The lowest BCUT2D eigenvalue weighted by molar-refractivity contribution is -0.00903. The van der Waals surface area contributed by atoms with Crippen LogP contribution in [0.5, 0.6) is 0 Å². The van der Waals surface area contributed by atoms with Crippen LogP contribution in [0.1, 0.15) is 62.0 Å². The van der Waals surface area contributed by atoms with Gasteiger partial charge >= 0.3 is 0 Å². The molecule has 102 valence electrons. The Morgan fingerprint density at radius 3 is 2.33 bits per heavy atom. The van der Waals surface area contributed by atoms with Gasteiger partial charge in [0, 0.05) is 23.9 Å². The maximum atomic E-state index is 5.87. The van der Waals surface area contributed by atoms with Crippen LogP contribution in [-0.4, -0.2) is 12.1 Å². The number of nitrogens with zero attached hydrogens (tertiary/aromatic N) is 1. The molecule has 18 heavy (non-hydrogen) atoms. The zero-order valence-corrected chi connectivity index (χ0v) is 12.7. The first-order valence-corrected chi connectivity index (χ1v) is 7.50. The molecule has 1 heterocycles. The Morgan fingerprint density at radius 1 is 1.33 bits per heavy atom. The molecular formula is C14H24N2OS. The van der Waals surface area contributed by atoms with E-state index in [-0.39, 0.29) is 11.0 Å². The minimum Gasteiger partial charge on any atom is -0.371 e. The van der Waals surface area contributed by atoms with Gasteiger partial charge in [0.2, 0.25) is 0 Å². The topological polar surface area (TPSA) is 48.1 Å². The lowest BCUT2D eigenvalue weighted by Crippen LogP contribution is -2.24. The molecule has 1 fully saturated rings. The number of nitrogens with two attached hydrogens (primary N) is 1. The monoisotopic (exact) mass is 268 g/mol. The van der Waals surface area contributed by atoms with Gasteiger partial charge in [0.15, 0.2) is 0 Å². The van der Waals surface area contributed by atoms with Crippen LogP contribution in [-0.2, 0) is 22.3 Å². The second kappa shape index (κ2) is 4.91. The number of thiazole rings is 1. The smallest absolute Gasteiger partial charge is 0.125 e. The Balaban J connectivity index is 2.43. The average molecular weight is 268 g/mol. The summed E-state index contributed by atoms with van der Waals surface area (Å²) in [4.78, 5) is 6.10. The highest BCUT2D eigenvalue weighted by molar-refractivity contribution is 7.11. The van der Waals surface area contributed by atoms with E-state index in [9.17, 15) is 0 Å². The van der Waals surface area contributed by atoms with E-state index >= 15 is 0 Å². The van der Waals surface area contributed by atoms with Gasteiger partial charge < -0.3 is 10.5 Å². The predicted molar refractivity (Wildman–Crippen MR) is 75.9 cm³/mol. The first-order valence-electron chi connectivity index (χ1n) is 6.69. The quantitative estimate of drug-likeness (QED) is 0.915. The normalized spacial score (nSPS) is 19.4. The van der Waals surface area contributed by atoms with Crippen LogP contribution in [0.15, 0.2) is 0 Å². The zero-order chi connectivity index (χ0) is 13.4. The van der Waals surface area contributed by atoms with Gasteiger partial charge in [-0.15, -0.1) is 11.3 Å². The van der Waals surface area contributed by atoms with Crippen molar-refractivity contribution in [3.05, 3.63) is 15.6 Å². The number of aromatic nitrogens is 1. The molecule has 0 unspecified atom stereocenters. The lowest BCUT2D eigenvalue weighted by Gasteiger charge is -2.25. The molecule has 2 rings (SSSR count). The first kappa shape index (κ1) is 14.0. The van der Waals surface area contributed by atoms with E-state index in [1.54, 1.807) is 11.3 Å². The highest BCUT2D eigenvalue weighted by Gasteiger charge is 2.40. The molecule has 0 spiro atoms. The maximum Gasteiger partial charge on any atom is 0.125 e. The van der Waals surface area contributed by atoms with E-state index in [0.29, 0.717) is 6.54 Å². The molecule has 0 aromatic carbocycles. The van der Waals surface area contributed by atoms with Crippen molar-refractivity contribution in [1.29, 1.82) is 0 Å². The highest BCUT2D eigenvalue weighted by Crippen LogP contribution is 2.45. The summed E-state index contributed by atoms with van der Waals surface area (Å²) in [5, 5.41) is 1.13. The van der Waals surface area contributed by atoms with E-state index in [2.05, 4.69) is 20.8 Å². The van der Waals surface area contributed by atoms with Crippen molar-refractivity contribution in [1.82, 2.24) is 4.98 Å². The number of hydrogen-bond donors (Lipinski definition) is 1. The van der Waals surface area contributed by atoms with Crippen molar-refractivity contribution in [2.75, 3.05) is 7.11 Å². The second-order valence-electron chi connectivity index (χ2n) is 6.15. The Hall–Kier alpha value is -0.450. The van der Waals surface area contributed by atoms with Crippen molar-refractivity contribution in [3.8, 4) is 0 Å². The van der Waals surface area contributed by atoms with E-state index in [0.717, 1.165) is 23.5 Å². The summed E-state index contributed by atoms with van der Waals surface area (Å²) in [5.41, 5.74) is 6.93. The minimum atomic E-state index is -0.141. The van der Waals surface area contributed by atoms with Gasteiger partial charge in [-0.2, -0.15) is 0 Å². The van der Waals surface area contributed by atoms with Gasteiger partial charge in [-0.05, 0) is 12.8 Å². The number of rotatable bonds is 3. The fourth-order valence-electron chi connectivity index (χ4n) is 2.72. The molecule has 1 aliphatic carbocycles. The third-order valence-electron chi connectivity index (χ3n) is 3.78. The predicted octanol–water partition coefficient (Wildman–Crippen LogP) is 3.32. The highest BCUT2D eigenvalue weighted by atomic mass is 32.1. The fourth-order valence-corrected chi connectivity index (χ4v) is 4.10. The summed E-state index contributed by atoms with van der Waals surface area (Å²) in [7, 11) is 1.81. The molecule has 0 atom stereocenters. The number of ether oxygens (including phenoxy) is 1. The van der Waals surface area contributed by atoms with Crippen LogP contribution in [0, 0.1) is 0 Å². The van der Waals surface area contributed by atoms with Crippen molar-refractivity contribution in [2.45, 2.75) is 64.0 Å². The van der Waals surface area contributed by atoms with Crippen molar-refractivity contribution in [2.24, 2.45) is 5.73 Å². The van der Waals surface area contributed by atoms with Crippen LogP contribution >= 0.6 is 11.3 Å². The van der Waals surface area contributed by atoms with E-state index in [1.807, 2.05) is 7.11 Å². The van der Waals surface area contributed by atoms with Gasteiger partial charge in [-0.1, -0.05) is 33.6 Å². The number of methoxy groups -OCH3 is 1. The fraction of sp³-hybridized carbons (Fsp3) is 0.786. The molecule has 2 N–H and O–H groups in total. The van der Waals surface area contributed by atoms with Gasteiger partial charge in [0.25, 0.3) is 0 Å². The van der Waals surface area contributed by atoms with Crippen molar-refractivity contribution >= 4 is 11.3 Å². The van der Waals surface area contributed by atoms with Crippen molar-refractivity contribution < 1.29 is 4.74 Å². The van der Waals surface area contributed by atoms with E-state index in [4.69, 9.17) is 15.5 Å². The third kappa shape index (κ3) is 2.33. The SMILES string of the molecule is COC1(c2nc(C(C)(C)C)c(CN)s2)CCCC1. The molecule has 0 bridgehead atoms. The summed E-state index contributed by atoms with van der Waals surface area (Å²) in [6.07, 6.45) is 4.64. The molecule has 0 aliphatic heterocycles. The Kier molecular flexibility index (Phi) is 3.81. The van der Waals surface area contributed by atoms with Crippen molar-refractivity contribution in [3.63, 3.8) is 0 Å². The van der Waals surface area contributed by atoms with Gasteiger partial charge in [-0.3, -0.25) is 0 Å². The third-order valence-corrected chi connectivity index (χ3v) is 5.05. The standard InChI is InChI=1S/C14H24N2OS/c1-13(2,3)11-10(9-15)18-12(16-11)14(17-4)7-5-6-8-14/h5-9,15H2,1-4H3. The summed E-state index contributed by atoms with van der Waals surface area (Å²) in [6.45, 7) is 7.15. The van der Waals surface area contributed by atoms with Crippen LogP contribution in [0.2, 0.25) is 0 Å². The largest absolute Gasteiger partial charge is 0.371 e. The van der Waals surface area contributed by atoms with Crippen LogP contribution in [0.3, 0.4) is 0 Å². The Labute approximate surface area is 114 Å². The van der Waals surface area contributed by atoms with Gasteiger partial charge in [-0.25, -0.2) is 4.98 Å². The summed E-state index contributed by atoms with van der Waals surface area (Å²) >= 11 is 1.75. The Morgan fingerprint density at radius 2 is 1.94 bits per heavy atom. The van der Waals surface area contributed by atoms with Gasteiger partial charge in [0.1, 0.15) is 10.6 Å². The molecule has 4 heteroatoms. The molecule has 0 amide bonds. The summed E-state index contributed by atoms with van der Waals surface area (Å²) < 4.78 is 5.82. The Bertz CT molecular complexity index is 414. The molecular weight excluding hydrogens is 244 g/mol.